The van der Waals surface area contributed by atoms with Crippen molar-refractivity contribution in [1.82, 2.24) is 15.2 Å². The van der Waals surface area contributed by atoms with Crippen molar-refractivity contribution in [2.24, 2.45) is 11.8 Å². The molecule has 154 valence electrons. The van der Waals surface area contributed by atoms with Crippen LogP contribution in [0.25, 0.3) is 11.3 Å². The number of hydrogen-bond donors (Lipinski definition) is 2. The Morgan fingerprint density at radius 3 is 2.59 bits per heavy atom. The van der Waals surface area contributed by atoms with Crippen molar-refractivity contribution >= 4 is 11.9 Å². The Labute approximate surface area is 172 Å². The molecule has 3 N–H and O–H groups in total. The SMILES string of the molecule is CC(C)(C)OC(=O)NC1C2CN(CCc3ccccc3-c3cccc(N)n3)CC21. The predicted molar refractivity (Wildman–Crippen MR) is 114 cm³/mol. The molecule has 0 radical (unpaired) electrons. The Kier molecular flexibility index (Phi) is 5.21. The molecule has 2 atom stereocenters. The van der Waals surface area contributed by atoms with Crippen molar-refractivity contribution in [1.29, 1.82) is 0 Å². The third-order valence-electron chi connectivity index (χ3n) is 5.71. The smallest absolute Gasteiger partial charge is 0.407 e. The number of pyridine rings is 1. The summed E-state index contributed by atoms with van der Waals surface area (Å²) in [5, 5.41) is 3.03. The highest BCUT2D eigenvalue weighted by Crippen LogP contribution is 2.45. The van der Waals surface area contributed by atoms with Gasteiger partial charge in [0.1, 0.15) is 11.4 Å². The molecule has 2 aromatic rings. The fourth-order valence-corrected chi connectivity index (χ4v) is 4.32. The van der Waals surface area contributed by atoms with Gasteiger partial charge in [0.2, 0.25) is 0 Å². The number of nitrogen functional groups attached to an aromatic ring is 1. The minimum atomic E-state index is -0.453. The van der Waals surface area contributed by atoms with Gasteiger partial charge >= 0.3 is 6.09 Å². The molecule has 0 spiro atoms. The van der Waals surface area contributed by atoms with E-state index in [4.69, 9.17) is 10.5 Å². The summed E-state index contributed by atoms with van der Waals surface area (Å²) in [6.07, 6.45) is 0.669. The Bertz CT molecular complexity index is 880. The van der Waals surface area contributed by atoms with Crippen molar-refractivity contribution in [3.63, 3.8) is 0 Å². The van der Waals surface area contributed by atoms with E-state index in [2.05, 4.69) is 33.4 Å². The van der Waals surface area contributed by atoms with E-state index in [1.165, 1.54) is 5.56 Å². The summed E-state index contributed by atoms with van der Waals surface area (Å²) in [5.74, 6) is 1.64. The second-order valence-corrected chi connectivity index (χ2v) is 9.11. The van der Waals surface area contributed by atoms with Gasteiger partial charge in [-0.15, -0.1) is 0 Å². The molecule has 29 heavy (non-hydrogen) atoms. The number of nitrogens with two attached hydrogens (primary N) is 1. The van der Waals surface area contributed by atoms with Crippen molar-refractivity contribution in [3.8, 4) is 11.3 Å². The van der Waals surface area contributed by atoms with Crippen LogP contribution in [0.15, 0.2) is 42.5 Å². The highest BCUT2D eigenvalue weighted by molar-refractivity contribution is 5.69. The van der Waals surface area contributed by atoms with Gasteiger partial charge in [0.15, 0.2) is 0 Å². The van der Waals surface area contributed by atoms with Gasteiger partial charge in [-0.05, 0) is 56.7 Å². The minimum absolute atomic E-state index is 0.268. The van der Waals surface area contributed by atoms with Crippen LogP contribution in [0.2, 0.25) is 0 Å². The van der Waals surface area contributed by atoms with Crippen LogP contribution in [0.5, 0.6) is 0 Å². The lowest BCUT2D eigenvalue weighted by Crippen LogP contribution is -2.38. The molecule has 2 unspecified atom stereocenters. The summed E-state index contributed by atoms with van der Waals surface area (Å²) in [7, 11) is 0. The fraction of sp³-hybridized carbons (Fsp3) is 0.478. The second kappa shape index (κ2) is 7.67. The molecular weight excluding hydrogens is 364 g/mol. The first kappa shape index (κ1) is 19.7. The molecule has 1 saturated carbocycles. The number of piperidine rings is 1. The maximum Gasteiger partial charge on any atom is 0.407 e. The summed E-state index contributed by atoms with van der Waals surface area (Å²) >= 11 is 0. The molecule has 1 aliphatic carbocycles. The van der Waals surface area contributed by atoms with E-state index in [0.29, 0.717) is 17.7 Å². The lowest BCUT2D eigenvalue weighted by Gasteiger charge is -2.22. The van der Waals surface area contributed by atoms with Crippen LogP contribution in [0.4, 0.5) is 10.6 Å². The molecule has 1 aromatic carbocycles. The van der Waals surface area contributed by atoms with E-state index in [1.54, 1.807) is 0 Å². The van der Waals surface area contributed by atoms with E-state index in [1.807, 2.05) is 45.0 Å². The summed E-state index contributed by atoms with van der Waals surface area (Å²) in [4.78, 5) is 18.9. The number of ether oxygens (including phenoxy) is 1. The molecule has 2 fully saturated rings. The molecule has 1 amide bonds. The molecule has 6 nitrogen and oxygen atoms in total. The van der Waals surface area contributed by atoms with Crippen LogP contribution >= 0.6 is 0 Å². The maximum absolute atomic E-state index is 12.0. The monoisotopic (exact) mass is 394 g/mol. The highest BCUT2D eigenvalue weighted by Gasteiger charge is 2.56. The summed E-state index contributed by atoms with van der Waals surface area (Å²) in [6, 6.07) is 14.4. The predicted octanol–water partition coefficient (Wildman–Crippen LogP) is 3.33. The first-order valence-corrected chi connectivity index (χ1v) is 10.3. The number of carbonyl (C=O) groups excluding carboxylic acids is 1. The molecule has 2 aliphatic rings. The van der Waals surface area contributed by atoms with Crippen molar-refractivity contribution in [2.45, 2.75) is 38.8 Å². The zero-order chi connectivity index (χ0) is 20.6. The van der Waals surface area contributed by atoms with Crippen molar-refractivity contribution < 1.29 is 9.53 Å². The van der Waals surface area contributed by atoms with Gasteiger partial charge in [-0.1, -0.05) is 30.3 Å². The van der Waals surface area contributed by atoms with Gasteiger partial charge in [0.25, 0.3) is 0 Å². The molecule has 1 aromatic heterocycles. The Morgan fingerprint density at radius 2 is 1.90 bits per heavy atom. The number of rotatable bonds is 5. The maximum atomic E-state index is 12.0. The van der Waals surface area contributed by atoms with Gasteiger partial charge in [-0.2, -0.15) is 0 Å². The van der Waals surface area contributed by atoms with Crippen LogP contribution in [-0.2, 0) is 11.2 Å². The van der Waals surface area contributed by atoms with Crippen LogP contribution in [0.1, 0.15) is 26.3 Å². The van der Waals surface area contributed by atoms with Crippen LogP contribution < -0.4 is 11.1 Å². The largest absolute Gasteiger partial charge is 0.444 e. The number of likely N-dealkylation sites (tertiary alicyclic amines) is 1. The van der Waals surface area contributed by atoms with E-state index in [0.717, 1.165) is 37.3 Å². The van der Waals surface area contributed by atoms with Crippen molar-refractivity contribution in [3.05, 3.63) is 48.0 Å². The van der Waals surface area contributed by atoms with Crippen LogP contribution in [0.3, 0.4) is 0 Å². The molecule has 6 heteroatoms. The van der Waals surface area contributed by atoms with E-state index >= 15 is 0 Å². The fourth-order valence-electron chi connectivity index (χ4n) is 4.32. The number of anilines is 1. The van der Waals surface area contributed by atoms with E-state index in [-0.39, 0.29) is 12.1 Å². The number of hydrogen-bond acceptors (Lipinski definition) is 5. The molecular formula is C23H30N4O2. The summed E-state index contributed by atoms with van der Waals surface area (Å²) in [6.45, 7) is 8.73. The van der Waals surface area contributed by atoms with Crippen LogP contribution in [0, 0.1) is 11.8 Å². The summed E-state index contributed by atoms with van der Waals surface area (Å²) < 4.78 is 5.37. The topological polar surface area (TPSA) is 80.5 Å². The number of aromatic nitrogens is 1. The van der Waals surface area contributed by atoms with Gasteiger partial charge in [-0.25, -0.2) is 9.78 Å². The number of fused-ring (bicyclic) bond motifs is 1. The number of nitrogens with one attached hydrogen (secondary N) is 1. The molecule has 1 saturated heterocycles. The Balaban J connectivity index is 1.29. The normalized spacial score (nSPS) is 23.5. The van der Waals surface area contributed by atoms with E-state index in [9.17, 15) is 4.79 Å². The minimum Gasteiger partial charge on any atom is -0.444 e. The third kappa shape index (κ3) is 4.70. The van der Waals surface area contributed by atoms with Gasteiger partial charge in [0.05, 0.1) is 5.69 Å². The lowest BCUT2D eigenvalue weighted by atomic mass is 10.0. The number of amides is 1. The van der Waals surface area contributed by atoms with Crippen LogP contribution in [-0.4, -0.2) is 47.3 Å². The van der Waals surface area contributed by atoms with E-state index < -0.39 is 5.60 Å². The summed E-state index contributed by atoms with van der Waals surface area (Å²) in [5.41, 5.74) is 8.77. The Morgan fingerprint density at radius 1 is 1.17 bits per heavy atom. The quantitative estimate of drug-likeness (QED) is 0.813. The second-order valence-electron chi connectivity index (χ2n) is 9.11. The van der Waals surface area contributed by atoms with Gasteiger partial charge in [0, 0.05) is 31.2 Å². The third-order valence-corrected chi connectivity index (χ3v) is 5.71. The molecule has 0 bridgehead atoms. The standard InChI is InChI=1S/C23H30N4O2/c1-23(2,3)29-22(28)26-21-17-13-27(14-18(17)21)12-11-15-7-4-5-8-16(15)19-9-6-10-20(24)25-19/h4-10,17-18,21H,11-14H2,1-3H3,(H2,24,25)(H,26,28). The lowest BCUT2D eigenvalue weighted by molar-refractivity contribution is 0.0514. The highest BCUT2D eigenvalue weighted by atomic mass is 16.6. The Hall–Kier alpha value is -2.60. The number of benzene rings is 1. The van der Waals surface area contributed by atoms with Crippen molar-refractivity contribution in [2.75, 3.05) is 25.4 Å². The first-order valence-electron chi connectivity index (χ1n) is 10.3. The number of carbonyl (C=O) groups is 1. The average Bonchev–Trinajstić information content (AvgIpc) is 3.09. The van der Waals surface area contributed by atoms with Gasteiger partial charge in [-0.3, -0.25) is 0 Å². The zero-order valence-corrected chi connectivity index (χ0v) is 17.4. The van der Waals surface area contributed by atoms with Gasteiger partial charge < -0.3 is 20.7 Å². The molecule has 4 rings (SSSR count). The number of nitrogens with zero attached hydrogens (tertiary/aromatic N) is 2. The average molecular weight is 395 g/mol. The first-order chi connectivity index (χ1) is 13.8. The zero-order valence-electron chi connectivity index (χ0n) is 17.4. The molecule has 1 aliphatic heterocycles. The number of alkyl carbamates (subject to hydrolysis) is 1. The molecule has 2 heterocycles.